The van der Waals surface area contributed by atoms with Crippen LogP contribution >= 0.6 is 0 Å². The summed E-state index contributed by atoms with van der Waals surface area (Å²) in [4.78, 5) is 11.9. The highest BCUT2D eigenvalue weighted by molar-refractivity contribution is 5.97. The molecular weight excluding hydrogens is 255 g/mol. The highest BCUT2D eigenvalue weighted by Crippen LogP contribution is 2.30. The normalized spacial score (nSPS) is 12.6. The zero-order valence-electron chi connectivity index (χ0n) is 11.3. The quantitative estimate of drug-likeness (QED) is 0.850. The van der Waals surface area contributed by atoms with Crippen LogP contribution in [-0.2, 0) is 6.18 Å². The Kier molecular flexibility index (Phi) is 4.40. The Morgan fingerprint density at radius 2 is 1.84 bits per heavy atom. The monoisotopic (exact) mass is 273 g/mol. The molecule has 0 bridgehead atoms. The number of rotatable bonds is 4. The van der Waals surface area contributed by atoms with E-state index in [1.807, 2.05) is 0 Å². The van der Waals surface area contributed by atoms with Crippen molar-refractivity contribution in [2.75, 3.05) is 0 Å². The second-order valence-electron chi connectivity index (χ2n) is 5.44. The molecule has 0 atom stereocenters. The van der Waals surface area contributed by atoms with Crippen molar-refractivity contribution in [1.82, 2.24) is 0 Å². The van der Waals surface area contributed by atoms with Crippen LogP contribution in [0, 0.1) is 6.92 Å². The fourth-order valence-corrected chi connectivity index (χ4v) is 1.72. The minimum Gasteiger partial charge on any atom is -0.326 e. The third-order valence-corrected chi connectivity index (χ3v) is 2.85. The Labute approximate surface area is 110 Å². The van der Waals surface area contributed by atoms with E-state index in [2.05, 4.69) is 0 Å². The van der Waals surface area contributed by atoms with Gasteiger partial charge in [-0.3, -0.25) is 4.79 Å². The van der Waals surface area contributed by atoms with E-state index in [0.717, 1.165) is 12.1 Å². The molecule has 5 heteroatoms. The fraction of sp³-hybridized carbons (Fsp3) is 0.500. The van der Waals surface area contributed by atoms with Crippen molar-refractivity contribution in [3.05, 3.63) is 34.9 Å². The molecular formula is C14H18F3NO. The van der Waals surface area contributed by atoms with E-state index in [1.54, 1.807) is 13.8 Å². The summed E-state index contributed by atoms with van der Waals surface area (Å²) >= 11 is 0. The summed E-state index contributed by atoms with van der Waals surface area (Å²) in [5.74, 6) is -0.176. The first-order chi connectivity index (χ1) is 8.50. The minimum atomic E-state index is -4.38. The number of halogens is 3. The number of aryl methyl sites for hydroxylation is 1. The van der Waals surface area contributed by atoms with Crippen LogP contribution in [0.5, 0.6) is 0 Å². The third kappa shape index (κ3) is 4.67. The topological polar surface area (TPSA) is 43.1 Å². The number of hydrogen-bond acceptors (Lipinski definition) is 2. The SMILES string of the molecule is Cc1cc(C(F)(F)F)ccc1C(=O)CCC(C)(C)N. The van der Waals surface area contributed by atoms with E-state index in [-0.39, 0.29) is 12.2 Å². The fourth-order valence-electron chi connectivity index (χ4n) is 1.72. The molecule has 0 aromatic heterocycles. The number of nitrogens with two attached hydrogens (primary N) is 1. The lowest BCUT2D eigenvalue weighted by Crippen LogP contribution is -2.32. The smallest absolute Gasteiger partial charge is 0.326 e. The summed E-state index contributed by atoms with van der Waals surface area (Å²) in [6.07, 6.45) is -3.66. The molecule has 2 N–H and O–H groups in total. The number of alkyl halides is 3. The number of carbonyl (C=O) groups is 1. The molecule has 1 rings (SSSR count). The van der Waals surface area contributed by atoms with Gasteiger partial charge in [0.05, 0.1) is 5.56 Å². The summed E-state index contributed by atoms with van der Waals surface area (Å²) in [6, 6.07) is 3.18. The first-order valence-corrected chi connectivity index (χ1v) is 6.00. The van der Waals surface area contributed by atoms with E-state index >= 15 is 0 Å². The summed E-state index contributed by atoms with van der Waals surface area (Å²) in [6.45, 7) is 5.12. The number of benzene rings is 1. The highest BCUT2D eigenvalue weighted by atomic mass is 19.4. The number of carbonyl (C=O) groups excluding carboxylic acids is 1. The molecule has 0 aliphatic rings. The van der Waals surface area contributed by atoms with Gasteiger partial charge in [-0.1, -0.05) is 6.07 Å². The molecule has 0 radical (unpaired) electrons. The molecule has 0 spiro atoms. The molecule has 106 valence electrons. The van der Waals surface area contributed by atoms with Gasteiger partial charge in [-0.25, -0.2) is 0 Å². The van der Waals surface area contributed by atoms with Crippen molar-refractivity contribution in [1.29, 1.82) is 0 Å². The third-order valence-electron chi connectivity index (χ3n) is 2.85. The molecule has 1 aromatic rings. The van der Waals surface area contributed by atoms with Crippen molar-refractivity contribution >= 4 is 5.78 Å². The highest BCUT2D eigenvalue weighted by Gasteiger charge is 2.31. The predicted molar refractivity (Wildman–Crippen MR) is 68.0 cm³/mol. The van der Waals surface area contributed by atoms with Gasteiger partial charge in [0.15, 0.2) is 5.78 Å². The van der Waals surface area contributed by atoms with Gasteiger partial charge in [-0.2, -0.15) is 13.2 Å². The average Bonchev–Trinajstić information content (AvgIpc) is 2.23. The van der Waals surface area contributed by atoms with Crippen molar-refractivity contribution in [2.45, 2.75) is 45.3 Å². The molecule has 19 heavy (non-hydrogen) atoms. The van der Waals surface area contributed by atoms with Gasteiger partial charge in [0.25, 0.3) is 0 Å². The van der Waals surface area contributed by atoms with Crippen molar-refractivity contribution in [3.63, 3.8) is 0 Å². The second-order valence-corrected chi connectivity index (χ2v) is 5.44. The largest absolute Gasteiger partial charge is 0.416 e. The Balaban J connectivity index is 2.88. The molecule has 0 saturated heterocycles. The van der Waals surface area contributed by atoms with Crippen LogP contribution < -0.4 is 5.73 Å². The molecule has 0 aliphatic heterocycles. The maximum Gasteiger partial charge on any atom is 0.416 e. The Morgan fingerprint density at radius 3 is 2.26 bits per heavy atom. The summed E-state index contributed by atoms with van der Waals surface area (Å²) in [5, 5.41) is 0. The maximum absolute atomic E-state index is 12.5. The number of hydrogen-bond donors (Lipinski definition) is 1. The first kappa shape index (κ1) is 15.7. The van der Waals surface area contributed by atoms with Gasteiger partial charge in [0, 0.05) is 17.5 Å². The predicted octanol–water partition coefficient (Wildman–Crippen LogP) is 3.71. The van der Waals surface area contributed by atoms with Crippen LogP contribution in [-0.4, -0.2) is 11.3 Å². The molecule has 2 nitrogen and oxygen atoms in total. The van der Waals surface area contributed by atoms with E-state index in [1.165, 1.54) is 13.0 Å². The van der Waals surface area contributed by atoms with Crippen LogP contribution in [0.4, 0.5) is 13.2 Å². The van der Waals surface area contributed by atoms with E-state index in [4.69, 9.17) is 5.73 Å². The van der Waals surface area contributed by atoms with E-state index in [0.29, 0.717) is 17.5 Å². The Hall–Kier alpha value is -1.36. The molecule has 0 saturated carbocycles. The van der Waals surface area contributed by atoms with E-state index in [9.17, 15) is 18.0 Å². The summed E-state index contributed by atoms with van der Waals surface area (Å²) in [5.41, 5.74) is 5.25. The number of ketones is 1. The molecule has 0 unspecified atom stereocenters. The first-order valence-electron chi connectivity index (χ1n) is 6.00. The van der Waals surface area contributed by atoms with Gasteiger partial charge < -0.3 is 5.73 Å². The molecule has 0 amide bonds. The molecule has 1 aromatic carbocycles. The van der Waals surface area contributed by atoms with E-state index < -0.39 is 17.3 Å². The Morgan fingerprint density at radius 1 is 1.26 bits per heavy atom. The van der Waals surface area contributed by atoms with Crippen molar-refractivity contribution < 1.29 is 18.0 Å². The molecule has 0 heterocycles. The van der Waals surface area contributed by atoms with Gasteiger partial charge in [-0.15, -0.1) is 0 Å². The zero-order chi connectivity index (χ0) is 14.8. The van der Waals surface area contributed by atoms with Gasteiger partial charge >= 0.3 is 6.18 Å². The molecule has 0 aliphatic carbocycles. The average molecular weight is 273 g/mol. The standard InChI is InChI=1S/C14H18F3NO/c1-9-8-10(14(15,16)17)4-5-11(9)12(19)6-7-13(2,3)18/h4-5,8H,6-7,18H2,1-3H3. The lowest BCUT2D eigenvalue weighted by Gasteiger charge is -2.18. The lowest BCUT2D eigenvalue weighted by atomic mass is 9.93. The Bertz CT molecular complexity index is 473. The van der Waals surface area contributed by atoms with Crippen molar-refractivity contribution in [3.8, 4) is 0 Å². The van der Waals surface area contributed by atoms with Crippen LogP contribution in [0.15, 0.2) is 18.2 Å². The van der Waals surface area contributed by atoms with Gasteiger partial charge in [0.2, 0.25) is 0 Å². The van der Waals surface area contributed by atoms with Crippen LogP contribution in [0.1, 0.15) is 48.2 Å². The van der Waals surface area contributed by atoms with Crippen LogP contribution in [0.2, 0.25) is 0 Å². The van der Waals surface area contributed by atoms with Gasteiger partial charge in [0.1, 0.15) is 0 Å². The zero-order valence-corrected chi connectivity index (χ0v) is 11.3. The summed E-state index contributed by atoms with van der Waals surface area (Å²) in [7, 11) is 0. The van der Waals surface area contributed by atoms with Crippen LogP contribution in [0.25, 0.3) is 0 Å². The van der Waals surface area contributed by atoms with Crippen LogP contribution in [0.3, 0.4) is 0 Å². The van der Waals surface area contributed by atoms with Crippen molar-refractivity contribution in [2.24, 2.45) is 5.73 Å². The second kappa shape index (κ2) is 5.33. The lowest BCUT2D eigenvalue weighted by molar-refractivity contribution is -0.137. The minimum absolute atomic E-state index is 0.176. The number of Topliss-reactive ketones (excluding diaryl/α,β-unsaturated/α-hetero) is 1. The van der Waals surface area contributed by atoms with Gasteiger partial charge in [-0.05, 0) is 44.9 Å². The maximum atomic E-state index is 12.5. The molecule has 0 fully saturated rings. The summed E-state index contributed by atoms with van der Waals surface area (Å²) < 4.78 is 37.5.